The highest BCUT2D eigenvalue weighted by Crippen LogP contribution is 2.19. The van der Waals surface area contributed by atoms with Crippen molar-refractivity contribution >= 4 is 42.1 Å². The molecule has 0 radical (unpaired) electrons. The number of thiophene rings is 1. The quantitative estimate of drug-likeness (QED) is 0.789. The monoisotopic (exact) mass is 348 g/mol. The van der Waals surface area contributed by atoms with Crippen LogP contribution >= 0.6 is 36.2 Å². The number of carbonyl (C=O) groups excluding carboxylic acids is 1. The van der Waals surface area contributed by atoms with Gasteiger partial charge in [0.15, 0.2) is 0 Å². The highest BCUT2D eigenvalue weighted by atomic mass is 35.5. The first-order chi connectivity index (χ1) is 9.34. The van der Waals surface area contributed by atoms with Gasteiger partial charge in [-0.05, 0) is 17.9 Å². The Balaban J connectivity index is 0.00000110. The number of hydrogen-bond acceptors (Lipinski definition) is 4. The van der Waals surface area contributed by atoms with E-state index in [1.807, 2.05) is 6.07 Å². The summed E-state index contributed by atoms with van der Waals surface area (Å²) < 4.78 is 0. The minimum atomic E-state index is -0.321. The summed E-state index contributed by atoms with van der Waals surface area (Å²) in [6.07, 6.45) is 3.43. The number of halogens is 2. The zero-order valence-electron chi connectivity index (χ0n) is 11.3. The number of aromatic nitrogens is 2. The summed E-state index contributed by atoms with van der Waals surface area (Å²) in [7, 11) is 0. The molecule has 0 spiro atoms. The highest BCUT2D eigenvalue weighted by molar-refractivity contribution is 7.09. The molecule has 0 aliphatic carbocycles. The largest absolute Gasteiger partial charge is 0.354 e. The second-order valence-electron chi connectivity index (χ2n) is 4.52. The van der Waals surface area contributed by atoms with Crippen LogP contribution < -0.4 is 10.6 Å². The van der Waals surface area contributed by atoms with Crippen LogP contribution in [0, 0.1) is 0 Å². The number of aromatic amines is 1. The number of hydrogen-bond donors (Lipinski definition) is 3. The second kappa shape index (κ2) is 8.38. The van der Waals surface area contributed by atoms with Crippen molar-refractivity contribution in [2.24, 2.45) is 0 Å². The summed E-state index contributed by atoms with van der Waals surface area (Å²) in [5, 5.41) is 8.24. The molecule has 2 aromatic heterocycles. The van der Waals surface area contributed by atoms with Gasteiger partial charge in [-0.3, -0.25) is 4.79 Å². The van der Waals surface area contributed by atoms with E-state index in [1.54, 1.807) is 17.7 Å². The maximum absolute atomic E-state index is 12.2. The van der Waals surface area contributed by atoms with E-state index >= 15 is 0 Å². The topological polar surface area (TPSA) is 69.8 Å². The number of amides is 1. The van der Waals surface area contributed by atoms with Gasteiger partial charge < -0.3 is 15.6 Å². The molecule has 0 aromatic carbocycles. The minimum absolute atomic E-state index is 0. The third-order valence-corrected chi connectivity index (χ3v) is 4.20. The molecule has 1 amide bonds. The lowest BCUT2D eigenvalue weighted by Gasteiger charge is -2.22. The van der Waals surface area contributed by atoms with Crippen molar-refractivity contribution < 1.29 is 4.79 Å². The molecule has 1 aliphatic rings. The fraction of sp³-hybridized carbons (Fsp3) is 0.385. The zero-order valence-corrected chi connectivity index (χ0v) is 13.7. The van der Waals surface area contributed by atoms with Crippen molar-refractivity contribution in [3.63, 3.8) is 0 Å². The molecule has 0 saturated heterocycles. The van der Waals surface area contributed by atoms with E-state index in [0.717, 1.165) is 30.8 Å². The Morgan fingerprint density at radius 3 is 3.10 bits per heavy atom. The molecule has 116 valence electrons. The molecule has 1 aliphatic heterocycles. The SMILES string of the molecule is Cl.Cl.O=C(NCCc1cccs1)C1NCCc2[nH]cnc21. The van der Waals surface area contributed by atoms with Crippen LogP contribution in [-0.4, -0.2) is 29.0 Å². The Morgan fingerprint density at radius 2 is 2.33 bits per heavy atom. The normalized spacial score (nSPS) is 16.3. The lowest BCUT2D eigenvalue weighted by atomic mass is 10.1. The van der Waals surface area contributed by atoms with Crippen LogP contribution in [0.3, 0.4) is 0 Å². The summed E-state index contributed by atoms with van der Waals surface area (Å²) in [6, 6.07) is 3.79. The van der Waals surface area contributed by atoms with Gasteiger partial charge in [-0.25, -0.2) is 4.98 Å². The summed E-state index contributed by atoms with van der Waals surface area (Å²) >= 11 is 1.72. The van der Waals surface area contributed by atoms with Crippen LogP contribution in [0.15, 0.2) is 23.8 Å². The molecule has 3 heterocycles. The molecule has 8 heteroatoms. The Hall–Kier alpha value is -1.08. The maximum Gasteiger partial charge on any atom is 0.243 e. The number of imidazole rings is 1. The lowest BCUT2D eigenvalue weighted by molar-refractivity contribution is -0.123. The molecule has 0 fully saturated rings. The van der Waals surface area contributed by atoms with Crippen molar-refractivity contribution in [1.82, 2.24) is 20.6 Å². The van der Waals surface area contributed by atoms with Gasteiger partial charge in [-0.2, -0.15) is 0 Å². The number of nitrogens with zero attached hydrogens (tertiary/aromatic N) is 1. The maximum atomic E-state index is 12.2. The molecular formula is C13H18Cl2N4OS. The van der Waals surface area contributed by atoms with E-state index < -0.39 is 0 Å². The standard InChI is InChI=1S/C13H16N4OS.2ClH/c18-13(15-5-3-9-2-1-7-19-9)12-11-10(4-6-14-12)16-8-17-11;;/h1-2,7-8,12,14H,3-6H2,(H,15,18)(H,16,17);2*1H. The van der Waals surface area contributed by atoms with E-state index in [4.69, 9.17) is 0 Å². The van der Waals surface area contributed by atoms with Crippen LogP contribution in [0.2, 0.25) is 0 Å². The first kappa shape index (κ1) is 18.0. The predicted molar refractivity (Wildman–Crippen MR) is 88.6 cm³/mol. The van der Waals surface area contributed by atoms with Crippen molar-refractivity contribution in [2.75, 3.05) is 13.1 Å². The van der Waals surface area contributed by atoms with Crippen LogP contribution in [0.25, 0.3) is 0 Å². The van der Waals surface area contributed by atoms with Crippen molar-refractivity contribution in [2.45, 2.75) is 18.9 Å². The van der Waals surface area contributed by atoms with Gasteiger partial charge in [0.25, 0.3) is 0 Å². The molecule has 5 nitrogen and oxygen atoms in total. The molecule has 3 rings (SSSR count). The van der Waals surface area contributed by atoms with Crippen LogP contribution in [-0.2, 0) is 17.6 Å². The first-order valence-corrected chi connectivity index (χ1v) is 7.28. The Labute approximate surface area is 139 Å². The number of nitrogens with one attached hydrogen (secondary N) is 3. The minimum Gasteiger partial charge on any atom is -0.354 e. The van der Waals surface area contributed by atoms with Gasteiger partial charge in [0, 0.05) is 30.1 Å². The van der Waals surface area contributed by atoms with E-state index in [1.165, 1.54) is 4.88 Å². The van der Waals surface area contributed by atoms with E-state index in [-0.39, 0.29) is 36.8 Å². The van der Waals surface area contributed by atoms with Gasteiger partial charge in [0.1, 0.15) is 6.04 Å². The zero-order chi connectivity index (χ0) is 13.1. The molecule has 1 atom stereocenters. The number of fused-ring (bicyclic) bond motifs is 1. The third kappa shape index (κ3) is 4.20. The Kier molecular flexibility index (Phi) is 7.17. The Bertz CT molecular complexity index is 558. The second-order valence-corrected chi connectivity index (χ2v) is 5.56. The van der Waals surface area contributed by atoms with Gasteiger partial charge >= 0.3 is 0 Å². The number of carbonyl (C=O) groups is 1. The van der Waals surface area contributed by atoms with Gasteiger partial charge in [0.2, 0.25) is 5.91 Å². The molecule has 2 aromatic rings. The first-order valence-electron chi connectivity index (χ1n) is 6.40. The predicted octanol–water partition coefficient (Wildman–Crippen LogP) is 1.86. The molecule has 1 unspecified atom stereocenters. The summed E-state index contributed by atoms with van der Waals surface area (Å²) in [6.45, 7) is 1.47. The summed E-state index contributed by atoms with van der Waals surface area (Å²) in [5.74, 6) is 0.00426. The lowest BCUT2D eigenvalue weighted by Crippen LogP contribution is -2.42. The van der Waals surface area contributed by atoms with E-state index in [0.29, 0.717) is 6.54 Å². The van der Waals surface area contributed by atoms with Gasteiger partial charge in [0.05, 0.1) is 12.0 Å². The van der Waals surface area contributed by atoms with E-state index in [2.05, 4.69) is 32.0 Å². The van der Waals surface area contributed by atoms with Crippen molar-refractivity contribution in [1.29, 1.82) is 0 Å². The highest BCUT2D eigenvalue weighted by Gasteiger charge is 2.27. The fourth-order valence-electron chi connectivity index (χ4n) is 2.30. The average Bonchev–Trinajstić information content (AvgIpc) is 3.08. The van der Waals surface area contributed by atoms with Gasteiger partial charge in [-0.15, -0.1) is 36.2 Å². The molecule has 0 saturated carbocycles. The third-order valence-electron chi connectivity index (χ3n) is 3.26. The number of H-pyrrole nitrogens is 1. The number of rotatable bonds is 4. The molecule has 3 N–H and O–H groups in total. The summed E-state index contributed by atoms with van der Waals surface area (Å²) in [5.41, 5.74) is 1.90. The van der Waals surface area contributed by atoms with Crippen LogP contribution in [0.4, 0.5) is 0 Å². The van der Waals surface area contributed by atoms with Crippen LogP contribution in [0.1, 0.15) is 22.3 Å². The van der Waals surface area contributed by atoms with Gasteiger partial charge in [-0.1, -0.05) is 6.07 Å². The van der Waals surface area contributed by atoms with Crippen molar-refractivity contribution in [3.8, 4) is 0 Å². The smallest absolute Gasteiger partial charge is 0.243 e. The van der Waals surface area contributed by atoms with Crippen LogP contribution in [0.5, 0.6) is 0 Å². The molecular weight excluding hydrogens is 331 g/mol. The van der Waals surface area contributed by atoms with Crippen molar-refractivity contribution in [3.05, 3.63) is 40.1 Å². The van der Waals surface area contributed by atoms with E-state index in [9.17, 15) is 4.79 Å². The summed E-state index contributed by atoms with van der Waals surface area (Å²) in [4.78, 5) is 20.8. The molecule has 0 bridgehead atoms. The Morgan fingerprint density at radius 1 is 1.48 bits per heavy atom. The fourth-order valence-corrected chi connectivity index (χ4v) is 3.01. The average molecular weight is 349 g/mol. The molecule has 21 heavy (non-hydrogen) atoms.